The van der Waals surface area contributed by atoms with E-state index < -0.39 is 10.0 Å². The molecule has 0 atom stereocenters. The van der Waals surface area contributed by atoms with E-state index in [1.807, 2.05) is 0 Å². The number of aromatic nitrogens is 1. The summed E-state index contributed by atoms with van der Waals surface area (Å²) in [5.41, 5.74) is 0.396. The van der Waals surface area contributed by atoms with Gasteiger partial charge < -0.3 is 18.9 Å². The van der Waals surface area contributed by atoms with Crippen LogP contribution in [0.4, 0.5) is 0 Å². The van der Waals surface area contributed by atoms with E-state index in [1.54, 1.807) is 30.4 Å². The van der Waals surface area contributed by atoms with Crippen LogP contribution in [0.3, 0.4) is 0 Å². The van der Waals surface area contributed by atoms with Gasteiger partial charge in [-0.1, -0.05) is 13.8 Å². The monoisotopic (exact) mass is 399 g/mol. The molecule has 0 bridgehead atoms. The van der Waals surface area contributed by atoms with Crippen molar-refractivity contribution in [2.24, 2.45) is 13.0 Å². The number of hydrogen-bond acceptors (Lipinski definition) is 5. The third-order valence-electron chi connectivity index (χ3n) is 5.40. The highest BCUT2D eigenvalue weighted by Crippen LogP contribution is 2.27. The molecule has 27 heavy (non-hydrogen) atoms. The van der Waals surface area contributed by atoms with Gasteiger partial charge in [-0.25, -0.2) is 8.42 Å². The normalized spacial score (nSPS) is 19.9. The van der Waals surface area contributed by atoms with Gasteiger partial charge in [0.05, 0.1) is 13.2 Å². The third kappa shape index (κ3) is 4.06. The number of rotatable bonds is 6. The fraction of sp³-hybridized carbons (Fsp3) is 0.722. The van der Waals surface area contributed by atoms with E-state index in [2.05, 4.69) is 0 Å². The SMILES string of the molecule is CCN(CC)S(=O)(=O)c1cc(C(=O)N2CCC(C3OCCO3)CC2)n(C)c1. The zero-order chi connectivity index (χ0) is 19.6. The van der Waals surface area contributed by atoms with Crippen molar-refractivity contribution in [3.63, 3.8) is 0 Å². The largest absolute Gasteiger partial charge is 0.350 e. The molecule has 2 aliphatic rings. The summed E-state index contributed by atoms with van der Waals surface area (Å²) in [7, 11) is -1.87. The fourth-order valence-electron chi connectivity index (χ4n) is 3.79. The highest BCUT2D eigenvalue weighted by Gasteiger charge is 2.33. The molecule has 2 saturated heterocycles. The number of piperidine rings is 1. The summed E-state index contributed by atoms with van der Waals surface area (Å²) in [6.45, 7) is 6.92. The minimum atomic E-state index is -3.58. The standard InChI is InChI=1S/C18H29N3O5S/c1-4-21(5-2)27(23,24)15-12-16(19(3)13-15)17(22)20-8-6-14(7-9-20)18-25-10-11-26-18/h12-14,18H,4-11H2,1-3H3. The quantitative estimate of drug-likeness (QED) is 0.720. The predicted molar refractivity (Wildman–Crippen MR) is 99.8 cm³/mol. The van der Waals surface area contributed by atoms with Crippen LogP contribution in [0.2, 0.25) is 0 Å². The van der Waals surface area contributed by atoms with Crippen LogP contribution in [0, 0.1) is 5.92 Å². The van der Waals surface area contributed by atoms with Gasteiger partial charge in [-0.3, -0.25) is 4.79 Å². The van der Waals surface area contributed by atoms with Gasteiger partial charge in [-0.2, -0.15) is 4.31 Å². The average molecular weight is 400 g/mol. The minimum Gasteiger partial charge on any atom is -0.350 e. The molecular formula is C18H29N3O5S. The first-order valence-electron chi connectivity index (χ1n) is 9.57. The maximum atomic E-state index is 12.9. The van der Waals surface area contributed by atoms with Gasteiger partial charge in [0, 0.05) is 45.3 Å². The first-order chi connectivity index (χ1) is 12.9. The molecule has 1 amide bonds. The van der Waals surface area contributed by atoms with Crippen LogP contribution < -0.4 is 0 Å². The molecule has 0 aliphatic carbocycles. The molecule has 8 nitrogen and oxygen atoms in total. The van der Waals surface area contributed by atoms with Crippen LogP contribution in [0.1, 0.15) is 37.2 Å². The number of amides is 1. The Morgan fingerprint density at radius 2 is 1.78 bits per heavy atom. The van der Waals surface area contributed by atoms with Crippen molar-refractivity contribution in [1.29, 1.82) is 0 Å². The second-order valence-corrected chi connectivity index (χ2v) is 8.94. The number of aryl methyl sites for hydroxylation is 1. The van der Waals surface area contributed by atoms with Crippen molar-refractivity contribution in [1.82, 2.24) is 13.8 Å². The number of hydrogen-bond donors (Lipinski definition) is 0. The second-order valence-electron chi connectivity index (χ2n) is 7.00. The van der Waals surface area contributed by atoms with Crippen molar-refractivity contribution in [2.45, 2.75) is 37.9 Å². The van der Waals surface area contributed by atoms with Gasteiger partial charge >= 0.3 is 0 Å². The van der Waals surface area contributed by atoms with Gasteiger partial charge in [-0.15, -0.1) is 0 Å². The molecule has 3 heterocycles. The first kappa shape index (κ1) is 20.3. The smallest absolute Gasteiger partial charge is 0.270 e. The Balaban J connectivity index is 1.70. The molecule has 0 saturated carbocycles. The minimum absolute atomic E-state index is 0.134. The lowest BCUT2D eigenvalue weighted by molar-refractivity contribution is -0.0956. The summed E-state index contributed by atoms with van der Waals surface area (Å²) >= 11 is 0. The molecule has 0 aromatic carbocycles. The number of ether oxygens (including phenoxy) is 2. The Bertz CT molecular complexity index is 758. The van der Waals surface area contributed by atoms with E-state index in [9.17, 15) is 13.2 Å². The maximum Gasteiger partial charge on any atom is 0.270 e. The molecule has 0 radical (unpaired) electrons. The zero-order valence-corrected chi connectivity index (χ0v) is 17.1. The van der Waals surface area contributed by atoms with E-state index in [0.717, 1.165) is 12.8 Å². The maximum absolute atomic E-state index is 12.9. The summed E-state index contributed by atoms with van der Waals surface area (Å²) in [5, 5.41) is 0. The van der Waals surface area contributed by atoms with Crippen molar-refractivity contribution in [3.8, 4) is 0 Å². The Morgan fingerprint density at radius 3 is 2.33 bits per heavy atom. The lowest BCUT2D eigenvalue weighted by atomic mass is 9.96. The van der Waals surface area contributed by atoms with Gasteiger partial charge in [0.2, 0.25) is 10.0 Å². The summed E-state index contributed by atoms with van der Waals surface area (Å²) in [6, 6.07) is 1.49. The number of nitrogens with zero attached hydrogens (tertiary/aromatic N) is 3. The molecule has 152 valence electrons. The third-order valence-corrected chi connectivity index (χ3v) is 7.42. The summed E-state index contributed by atoms with van der Waals surface area (Å²) in [5.74, 6) is 0.175. The zero-order valence-electron chi connectivity index (χ0n) is 16.3. The Morgan fingerprint density at radius 1 is 1.19 bits per heavy atom. The summed E-state index contributed by atoms with van der Waals surface area (Å²) < 4.78 is 39.6. The Hall–Kier alpha value is -1.42. The van der Waals surface area contributed by atoms with Crippen LogP contribution in [0.5, 0.6) is 0 Å². The van der Waals surface area contributed by atoms with Crippen molar-refractivity contribution in [3.05, 3.63) is 18.0 Å². The summed E-state index contributed by atoms with van der Waals surface area (Å²) in [6.07, 6.45) is 3.02. The molecular weight excluding hydrogens is 370 g/mol. The number of carbonyl (C=O) groups is 1. The van der Waals surface area contributed by atoms with Gasteiger partial charge in [-0.05, 0) is 18.9 Å². The number of sulfonamides is 1. The average Bonchev–Trinajstić information content (AvgIpc) is 3.32. The van der Waals surface area contributed by atoms with Crippen LogP contribution in [0.25, 0.3) is 0 Å². The van der Waals surface area contributed by atoms with Crippen LogP contribution >= 0.6 is 0 Å². The molecule has 1 aromatic rings. The lowest BCUT2D eigenvalue weighted by Gasteiger charge is -2.33. The van der Waals surface area contributed by atoms with Crippen LogP contribution in [-0.4, -0.2) is 73.8 Å². The molecule has 0 unspecified atom stereocenters. The first-order valence-corrected chi connectivity index (χ1v) is 11.0. The van der Waals surface area contributed by atoms with Crippen LogP contribution in [0.15, 0.2) is 17.2 Å². The van der Waals surface area contributed by atoms with E-state index in [0.29, 0.717) is 51.0 Å². The molecule has 0 spiro atoms. The highest BCUT2D eigenvalue weighted by molar-refractivity contribution is 7.89. The predicted octanol–water partition coefficient (Wildman–Crippen LogP) is 1.28. The molecule has 2 fully saturated rings. The topological polar surface area (TPSA) is 81.1 Å². The van der Waals surface area contributed by atoms with Gasteiger partial charge in [0.25, 0.3) is 5.91 Å². The van der Waals surface area contributed by atoms with E-state index in [4.69, 9.17) is 9.47 Å². The highest BCUT2D eigenvalue weighted by atomic mass is 32.2. The van der Waals surface area contributed by atoms with Crippen LogP contribution in [-0.2, 0) is 26.5 Å². The summed E-state index contributed by atoms with van der Waals surface area (Å²) in [4.78, 5) is 14.9. The molecule has 1 aromatic heterocycles. The number of carbonyl (C=O) groups excluding carboxylic acids is 1. The number of likely N-dealkylation sites (tertiary alicyclic amines) is 1. The van der Waals surface area contributed by atoms with Crippen molar-refractivity contribution in [2.75, 3.05) is 39.4 Å². The van der Waals surface area contributed by atoms with Crippen molar-refractivity contribution < 1.29 is 22.7 Å². The van der Waals surface area contributed by atoms with E-state index in [1.165, 1.54) is 16.6 Å². The molecule has 2 aliphatic heterocycles. The van der Waals surface area contributed by atoms with E-state index in [-0.39, 0.29) is 17.1 Å². The van der Waals surface area contributed by atoms with Crippen molar-refractivity contribution >= 4 is 15.9 Å². The molecule has 3 rings (SSSR count). The second kappa shape index (κ2) is 8.30. The Kier molecular flexibility index (Phi) is 6.25. The van der Waals surface area contributed by atoms with E-state index >= 15 is 0 Å². The molecule has 9 heteroatoms. The fourth-order valence-corrected chi connectivity index (χ4v) is 5.32. The molecule has 0 N–H and O–H groups in total. The lowest BCUT2D eigenvalue weighted by Crippen LogP contribution is -2.42. The Labute approximate surface area is 161 Å². The van der Waals surface area contributed by atoms with Gasteiger partial charge in [0.15, 0.2) is 6.29 Å². The van der Waals surface area contributed by atoms with Gasteiger partial charge in [0.1, 0.15) is 10.6 Å².